The van der Waals surface area contributed by atoms with Gasteiger partial charge in [-0.25, -0.2) is 4.98 Å². The van der Waals surface area contributed by atoms with E-state index < -0.39 is 0 Å². The summed E-state index contributed by atoms with van der Waals surface area (Å²) in [5.74, 6) is 1.99. The Kier molecular flexibility index (Phi) is 6.52. The highest BCUT2D eigenvalue weighted by Gasteiger charge is 2.32. The molecule has 1 aliphatic heterocycles. The number of pyridine rings is 1. The second-order valence-electron chi connectivity index (χ2n) is 8.41. The predicted octanol–water partition coefficient (Wildman–Crippen LogP) is 3.23. The van der Waals surface area contributed by atoms with Gasteiger partial charge in [0.1, 0.15) is 5.82 Å². The first kappa shape index (κ1) is 19.2. The Morgan fingerprint density at radius 3 is 2.62 bits per heavy atom. The van der Waals surface area contributed by atoms with Crippen LogP contribution in [0.3, 0.4) is 0 Å². The molecule has 3 N–H and O–H groups in total. The lowest BCUT2D eigenvalue weighted by atomic mass is 9.71. The van der Waals surface area contributed by atoms with Gasteiger partial charge in [-0.2, -0.15) is 0 Å². The number of nitrogens with one attached hydrogen (secondary N) is 1. The minimum Gasteiger partial charge on any atom is -0.357 e. The van der Waals surface area contributed by atoms with E-state index in [0.29, 0.717) is 19.5 Å². The molecule has 1 amide bonds. The van der Waals surface area contributed by atoms with Gasteiger partial charge >= 0.3 is 0 Å². The number of nitrogens with zero attached hydrogens (tertiary/aromatic N) is 2. The molecule has 0 bridgehead atoms. The Hall–Kier alpha value is -1.62. The first-order valence-electron chi connectivity index (χ1n) is 10.3. The number of amides is 1. The monoisotopic (exact) mass is 358 g/mol. The number of aromatic nitrogens is 1. The summed E-state index contributed by atoms with van der Waals surface area (Å²) in [7, 11) is 0. The minimum absolute atomic E-state index is 0.0237. The zero-order chi connectivity index (χ0) is 18.4. The van der Waals surface area contributed by atoms with E-state index in [9.17, 15) is 4.79 Å². The Labute approximate surface area is 157 Å². The van der Waals surface area contributed by atoms with Crippen LogP contribution >= 0.6 is 0 Å². The first-order chi connectivity index (χ1) is 12.6. The van der Waals surface area contributed by atoms with Gasteiger partial charge in [0.05, 0.1) is 0 Å². The lowest BCUT2D eigenvalue weighted by molar-refractivity contribution is -0.124. The van der Waals surface area contributed by atoms with Gasteiger partial charge in [0.15, 0.2) is 0 Å². The van der Waals surface area contributed by atoms with Crippen LogP contribution in [-0.2, 0) is 11.3 Å². The topological polar surface area (TPSA) is 71.2 Å². The number of carbonyl (C=O) groups is 1. The summed E-state index contributed by atoms with van der Waals surface area (Å²) in [6, 6.07) is 4.17. The fourth-order valence-electron chi connectivity index (χ4n) is 4.30. The summed E-state index contributed by atoms with van der Waals surface area (Å²) in [6.07, 6.45) is 10.8. The number of carbonyl (C=O) groups excluding carboxylic acids is 1. The summed E-state index contributed by atoms with van der Waals surface area (Å²) >= 11 is 0. The van der Waals surface area contributed by atoms with Crippen molar-refractivity contribution in [2.75, 3.05) is 24.5 Å². The number of nitrogens with two attached hydrogens (primary N) is 1. The average molecular weight is 359 g/mol. The molecule has 26 heavy (non-hydrogen) atoms. The minimum atomic E-state index is 0.0237. The Morgan fingerprint density at radius 1 is 1.27 bits per heavy atom. The third-order valence-corrected chi connectivity index (χ3v) is 6.29. The molecule has 3 rings (SSSR count). The van der Waals surface area contributed by atoms with Crippen molar-refractivity contribution in [2.24, 2.45) is 17.1 Å². The summed E-state index contributed by atoms with van der Waals surface area (Å²) in [4.78, 5) is 19.4. The molecule has 2 aliphatic rings. The quantitative estimate of drug-likeness (QED) is 0.819. The molecule has 2 fully saturated rings. The van der Waals surface area contributed by atoms with Gasteiger partial charge in [0.25, 0.3) is 0 Å². The number of hydrogen-bond donors (Lipinski definition) is 2. The Morgan fingerprint density at radius 2 is 2.00 bits per heavy atom. The van der Waals surface area contributed by atoms with Crippen LogP contribution in [0.5, 0.6) is 0 Å². The van der Waals surface area contributed by atoms with Gasteiger partial charge in [-0.1, -0.05) is 32.3 Å². The number of piperidine rings is 1. The van der Waals surface area contributed by atoms with Gasteiger partial charge in [-0.05, 0) is 55.2 Å². The molecule has 2 heterocycles. The van der Waals surface area contributed by atoms with E-state index in [4.69, 9.17) is 5.73 Å². The Balaban J connectivity index is 1.47. The number of rotatable bonds is 6. The van der Waals surface area contributed by atoms with E-state index in [2.05, 4.69) is 34.3 Å². The van der Waals surface area contributed by atoms with Crippen molar-refractivity contribution in [3.63, 3.8) is 0 Å². The maximum atomic E-state index is 12.4. The number of hydrogen-bond acceptors (Lipinski definition) is 4. The van der Waals surface area contributed by atoms with E-state index >= 15 is 0 Å². The van der Waals surface area contributed by atoms with Crippen molar-refractivity contribution < 1.29 is 4.79 Å². The molecule has 1 saturated heterocycles. The highest BCUT2D eigenvalue weighted by atomic mass is 16.1. The standard InChI is InChI=1S/C21H34N4O/c1-17-7-11-25(12-8-17)19-6-5-18(14-23-19)15-24-20(26)13-21(16-22)9-3-2-4-10-21/h5-6,14,17H,2-4,7-13,15-16,22H2,1H3,(H,24,26). The van der Waals surface area contributed by atoms with Crippen LogP contribution < -0.4 is 16.0 Å². The van der Waals surface area contributed by atoms with Crippen LogP contribution in [0.4, 0.5) is 5.82 Å². The molecular weight excluding hydrogens is 324 g/mol. The third-order valence-electron chi connectivity index (χ3n) is 6.29. The summed E-state index contributed by atoms with van der Waals surface area (Å²) in [5.41, 5.74) is 7.07. The number of anilines is 1. The van der Waals surface area contributed by atoms with E-state index in [0.717, 1.165) is 43.2 Å². The van der Waals surface area contributed by atoms with Crippen LogP contribution in [0.25, 0.3) is 0 Å². The van der Waals surface area contributed by atoms with Crippen LogP contribution in [0.15, 0.2) is 18.3 Å². The van der Waals surface area contributed by atoms with E-state index in [1.165, 1.54) is 32.1 Å². The summed E-state index contributed by atoms with van der Waals surface area (Å²) < 4.78 is 0. The zero-order valence-corrected chi connectivity index (χ0v) is 16.2. The molecule has 0 spiro atoms. The summed E-state index contributed by atoms with van der Waals surface area (Å²) in [5, 5.41) is 3.06. The van der Waals surface area contributed by atoms with Crippen LogP contribution in [0.2, 0.25) is 0 Å². The highest BCUT2D eigenvalue weighted by Crippen LogP contribution is 2.38. The summed E-state index contributed by atoms with van der Waals surface area (Å²) in [6.45, 7) is 5.66. The van der Waals surface area contributed by atoms with Crippen LogP contribution in [0.1, 0.15) is 63.9 Å². The van der Waals surface area contributed by atoms with E-state index in [-0.39, 0.29) is 11.3 Å². The highest BCUT2D eigenvalue weighted by molar-refractivity contribution is 5.76. The molecule has 1 aromatic rings. The van der Waals surface area contributed by atoms with Crippen molar-refractivity contribution in [2.45, 2.75) is 64.8 Å². The molecule has 144 valence electrons. The van der Waals surface area contributed by atoms with Crippen molar-refractivity contribution >= 4 is 11.7 Å². The van der Waals surface area contributed by atoms with Crippen molar-refractivity contribution in [1.29, 1.82) is 0 Å². The Bertz CT molecular complexity index is 572. The normalized spacial score (nSPS) is 20.8. The van der Waals surface area contributed by atoms with Crippen LogP contribution in [0, 0.1) is 11.3 Å². The second kappa shape index (κ2) is 8.85. The molecule has 0 aromatic carbocycles. The largest absolute Gasteiger partial charge is 0.357 e. The van der Waals surface area contributed by atoms with Crippen molar-refractivity contribution in [3.05, 3.63) is 23.9 Å². The first-order valence-corrected chi connectivity index (χ1v) is 10.3. The van der Waals surface area contributed by atoms with Gasteiger partial charge in [0, 0.05) is 32.3 Å². The molecular formula is C21H34N4O. The van der Waals surface area contributed by atoms with Gasteiger partial charge in [0.2, 0.25) is 5.91 Å². The SMILES string of the molecule is CC1CCN(c2ccc(CNC(=O)CC3(CN)CCCCC3)cn2)CC1. The van der Waals surface area contributed by atoms with E-state index in [1.807, 2.05) is 6.20 Å². The van der Waals surface area contributed by atoms with Gasteiger partial charge in [-0.3, -0.25) is 4.79 Å². The maximum Gasteiger partial charge on any atom is 0.220 e. The predicted molar refractivity (Wildman–Crippen MR) is 106 cm³/mol. The smallest absolute Gasteiger partial charge is 0.220 e. The molecule has 5 nitrogen and oxygen atoms in total. The van der Waals surface area contributed by atoms with Gasteiger partial charge in [-0.15, -0.1) is 0 Å². The third kappa shape index (κ3) is 4.97. The molecule has 1 aromatic heterocycles. The maximum absolute atomic E-state index is 12.4. The van der Waals surface area contributed by atoms with Gasteiger partial charge < -0.3 is 16.0 Å². The molecule has 0 radical (unpaired) electrons. The molecule has 1 saturated carbocycles. The molecule has 0 atom stereocenters. The average Bonchev–Trinajstić information content (AvgIpc) is 2.68. The second-order valence-corrected chi connectivity index (χ2v) is 8.41. The van der Waals surface area contributed by atoms with Crippen molar-refractivity contribution in [3.8, 4) is 0 Å². The van der Waals surface area contributed by atoms with Crippen molar-refractivity contribution in [1.82, 2.24) is 10.3 Å². The lowest BCUT2D eigenvalue weighted by Crippen LogP contribution is -2.38. The van der Waals surface area contributed by atoms with Crippen LogP contribution in [-0.4, -0.2) is 30.5 Å². The fraction of sp³-hybridized carbons (Fsp3) is 0.714. The molecule has 0 unspecified atom stereocenters. The van der Waals surface area contributed by atoms with E-state index in [1.54, 1.807) is 0 Å². The lowest BCUT2D eigenvalue weighted by Gasteiger charge is -2.35. The zero-order valence-electron chi connectivity index (χ0n) is 16.2. The molecule has 1 aliphatic carbocycles. The fourth-order valence-corrected chi connectivity index (χ4v) is 4.30. The molecule has 5 heteroatoms.